The summed E-state index contributed by atoms with van der Waals surface area (Å²) in [5, 5.41) is 4.38. The van der Waals surface area contributed by atoms with Crippen LogP contribution >= 0.6 is 0 Å². The Balaban J connectivity index is 1.09. The molecule has 0 atom stereocenters. The molecule has 0 unspecified atom stereocenters. The minimum atomic E-state index is 0.475. The van der Waals surface area contributed by atoms with Crippen LogP contribution in [0.25, 0.3) is 117 Å². The minimum Gasteiger partial charge on any atom is -0.455 e. The number of hydrogen-bond donors (Lipinski definition) is 0. The topological polar surface area (TPSA) is 82.8 Å². The summed E-state index contributed by atoms with van der Waals surface area (Å²) in [5.41, 5.74) is 11.7. The summed E-state index contributed by atoms with van der Waals surface area (Å²) >= 11 is 0. The molecule has 0 aliphatic carbocycles. The molecule has 0 amide bonds. The molecule has 0 radical (unpaired) electrons. The van der Waals surface area contributed by atoms with E-state index in [0.29, 0.717) is 29.1 Å². The molecule has 4 aromatic heterocycles. The Bertz CT molecular complexity index is 3570. The van der Waals surface area contributed by atoms with Crippen molar-refractivity contribution in [2.45, 2.75) is 0 Å². The first kappa shape index (κ1) is 33.0. The van der Waals surface area contributed by atoms with E-state index < -0.39 is 0 Å². The maximum Gasteiger partial charge on any atom is 0.238 e. The van der Waals surface area contributed by atoms with Crippen molar-refractivity contribution < 1.29 is 8.83 Å². The van der Waals surface area contributed by atoms with Crippen molar-refractivity contribution in [2.75, 3.05) is 0 Å². The van der Waals surface area contributed by atoms with Crippen molar-refractivity contribution >= 4 is 54.8 Å². The second-order valence-corrected chi connectivity index (χ2v) is 14.6. The van der Waals surface area contributed by atoms with Gasteiger partial charge in [0, 0.05) is 38.2 Å². The highest BCUT2D eigenvalue weighted by Gasteiger charge is 2.22. The van der Waals surface area contributed by atoms with Crippen LogP contribution in [0.1, 0.15) is 0 Å². The van der Waals surface area contributed by atoms with Gasteiger partial charge in [-0.25, -0.2) is 9.97 Å². The van der Waals surface area contributed by atoms with Crippen LogP contribution in [-0.2, 0) is 0 Å². The van der Waals surface area contributed by atoms with E-state index in [0.717, 1.165) is 88.2 Å². The summed E-state index contributed by atoms with van der Waals surface area (Å²) in [6.07, 6.45) is 0. The molecule has 0 fully saturated rings. The van der Waals surface area contributed by atoms with E-state index in [1.807, 2.05) is 84.9 Å². The van der Waals surface area contributed by atoms with Gasteiger partial charge >= 0.3 is 0 Å². The molecular weight excluding hydrogens is 727 g/mol. The molecule has 0 bridgehead atoms. The van der Waals surface area contributed by atoms with Crippen LogP contribution in [0.2, 0.25) is 0 Å². The summed E-state index contributed by atoms with van der Waals surface area (Å²) < 4.78 is 15.1. The van der Waals surface area contributed by atoms with Crippen LogP contribution in [0.15, 0.2) is 197 Å². The van der Waals surface area contributed by atoms with Crippen molar-refractivity contribution in [1.82, 2.24) is 24.5 Å². The third kappa shape index (κ3) is 5.44. The fraction of sp³-hybridized carbons (Fsp3) is 0. The summed E-state index contributed by atoms with van der Waals surface area (Å²) in [7, 11) is 0. The second-order valence-electron chi connectivity index (χ2n) is 14.6. The van der Waals surface area contributed by atoms with E-state index in [2.05, 4.69) is 108 Å². The molecule has 7 heteroatoms. The molecule has 12 rings (SSSR count). The first-order valence-electron chi connectivity index (χ1n) is 19.5. The lowest BCUT2D eigenvalue weighted by Crippen LogP contribution is -2.06. The highest BCUT2D eigenvalue weighted by atomic mass is 16.3. The van der Waals surface area contributed by atoms with Gasteiger partial charge in [0.15, 0.2) is 17.2 Å². The maximum absolute atomic E-state index is 6.53. The number of nitrogens with zero attached hydrogens (tertiary/aromatic N) is 5. The van der Waals surface area contributed by atoms with Crippen LogP contribution in [0.5, 0.6) is 0 Å². The van der Waals surface area contributed by atoms with Gasteiger partial charge in [-0.15, -0.1) is 0 Å². The normalized spacial score (nSPS) is 11.7. The fourth-order valence-corrected chi connectivity index (χ4v) is 8.34. The smallest absolute Gasteiger partial charge is 0.238 e. The van der Waals surface area contributed by atoms with Gasteiger partial charge in [-0.05, 0) is 71.3 Å². The van der Waals surface area contributed by atoms with Crippen molar-refractivity contribution in [3.05, 3.63) is 188 Å². The lowest BCUT2D eigenvalue weighted by molar-refractivity contribution is 0.620. The maximum atomic E-state index is 6.53. The summed E-state index contributed by atoms with van der Waals surface area (Å²) in [4.78, 5) is 20.6. The van der Waals surface area contributed by atoms with Gasteiger partial charge in [0.25, 0.3) is 0 Å². The molecule has 0 spiro atoms. The zero-order chi connectivity index (χ0) is 38.9. The van der Waals surface area contributed by atoms with Gasteiger partial charge in [-0.1, -0.05) is 133 Å². The summed E-state index contributed by atoms with van der Waals surface area (Å²) in [5.74, 6) is 2.03. The Labute approximate surface area is 337 Å². The molecule has 276 valence electrons. The van der Waals surface area contributed by atoms with Gasteiger partial charge in [0.2, 0.25) is 11.8 Å². The average Bonchev–Trinajstić information content (AvgIpc) is 4.02. The molecule has 8 aromatic carbocycles. The van der Waals surface area contributed by atoms with Crippen molar-refractivity contribution in [1.29, 1.82) is 0 Å². The number of hydrogen-bond acceptors (Lipinski definition) is 6. The minimum absolute atomic E-state index is 0.475. The number of rotatable bonds is 6. The van der Waals surface area contributed by atoms with E-state index in [4.69, 9.17) is 28.8 Å². The Kier molecular flexibility index (Phi) is 7.40. The molecule has 0 aliphatic heterocycles. The third-order valence-electron chi connectivity index (χ3n) is 11.1. The van der Waals surface area contributed by atoms with E-state index in [1.165, 1.54) is 0 Å². The first-order valence-corrected chi connectivity index (χ1v) is 19.5. The number of oxazole rings is 1. The van der Waals surface area contributed by atoms with Crippen LogP contribution < -0.4 is 0 Å². The number of furan rings is 1. The zero-order valence-electron chi connectivity index (χ0n) is 31.5. The van der Waals surface area contributed by atoms with Gasteiger partial charge in [0.1, 0.15) is 16.7 Å². The van der Waals surface area contributed by atoms with Gasteiger partial charge < -0.3 is 8.83 Å². The Morgan fingerprint density at radius 3 is 1.90 bits per heavy atom. The number of aromatic nitrogens is 5. The van der Waals surface area contributed by atoms with E-state index in [1.54, 1.807) is 0 Å². The van der Waals surface area contributed by atoms with Crippen molar-refractivity contribution in [2.24, 2.45) is 0 Å². The molecule has 7 nitrogen and oxygen atoms in total. The molecule has 0 saturated heterocycles. The average molecular weight is 758 g/mol. The third-order valence-corrected chi connectivity index (χ3v) is 11.1. The van der Waals surface area contributed by atoms with Gasteiger partial charge in [-0.3, -0.25) is 4.57 Å². The van der Waals surface area contributed by atoms with Crippen LogP contribution in [-0.4, -0.2) is 24.5 Å². The SMILES string of the molecule is c1ccc(-c2ccc3c(c2)c2ccccc2n3-c2nc(-c3cccc(-c4cccc5c4oc4ccccc45)c3)nc(-c3cccc4nc(-c5ccccc5)oc34)n2)cc1. The second kappa shape index (κ2) is 13.2. The predicted octanol–water partition coefficient (Wildman–Crippen LogP) is 13.3. The molecule has 0 N–H and O–H groups in total. The predicted molar refractivity (Wildman–Crippen MR) is 236 cm³/mol. The molecule has 0 aliphatic rings. The van der Waals surface area contributed by atoms with Crippen LogP contribution in [0.4, 0.5) is 0 Å². The van der Waals surface area contributed by atoms with E-state index in [9.17, 15) is 0 Å². The quantitative estimate of drug-likeness (QED) is 0.168. The Hall–Kier alpha value is -8.16. The number of fused-ring (bicyclic) bond motifs is 7. The Morgan fingerprint density at radius 2 is 1.02 bits per heavy atom. The summed E-state index contributed by atoms with van der Waals surface area (Å²) in [6.45, 7) is 0. The number of para-hydroxylation sites is 4. The fourth-order valence-electron chi connectivity index (χ4n) is 8.34. The lowest BCUT2D eigenvalue weighted by atomic mass is 10.0. The van der Waals surface area contributed by atoms with Gasteiger partial charge in [-0.2, -0.15) is 9.97 Å². The van der Waals surface area contributed by atoms with Gasteiger partial charge in [0.05, 0.1) is 16.6 Å². The van der Waals surface area contributed by atoms with E-state index in [-0.39, 0.29) is 0 Å². The largest absolute Gasteiger partial charge is 0.455 e. The monoisotopic (exact) mass is 757 g/mol. The lowest BCUT2D eigenvalue weighted by Gasteiger charge is -2.12. The molecule has 59 heavy (non-hydrogen) atoms. The Morgan fingerprint density at radius 1 is 0.356 bits per heavy atom. The summed E-state index contributed by atoms with van der Waals surface area (Å²) in [6, 6.07) is 64.1. The molecular formula is C52H31N5O2. The molecule has 12 aromatic rings. The first-order chi connectivity index (χ1) is 29.2. The molecule has 4 heterocycles. The van der Waals surface area contributed by atoms with E-state index >= 15 is 0 Å². The highest BCUT2D eigenvalue weighted by Crippen LogP contribution is 2.39. The highest BCUT2D eigenvalue weighted by molar-refractivity contribution is 6.11. The van der Waals surface area contributed by atoms with Crippen molar-refractivity contribution in [3.63, 3.8) is 0 Å². The standard InChI is InChI=1S/C52H31N5O2/c1-3-14-32(15-4-1)34-28-29-45-42(31-34)38-20-7-9-26-44(38)57(45)52-55-49(54-50(56-52)41-24-13-25-43-48(41)59-51(53-43)33-16-5-2-6-17-33)36-19-11-18-35(30-36)37-22-12-23-40-39-21-8-10-27-46(39)58-47(37)40/h1-31H. The number of benzene rings is 8. The molecule has 0 saturated carbocycles. The zero-order valence-corrected chi connectivity index (χ0v) is 31.5. The van der Waals surface area contributed by atoms with Crippen LogP contribution in [0, 0.1) is 0 Å². The van der Waals surface area contributed by atoms with Crippen molar-refractivity contribution in [3.8, 4) is 62.4 Å². The van der Waals surface area contributed by atoms with Crippen LogP contribution in [0.3, 0.4) is 0 Å².